The molecule has 0 aromatic heterocycles. The summed E-state index contributed by atoms with van der Waals surface area (Å²) in [4.78, 5) is 25.0. The summed E-state index contributed by atoms with van der Waals surface area (Å²) >= 11 is 0. The van der Waals surface area contributed by atoms with Crippen molar-refractivity contribution in [2.45, 2.75) is 95.1 Å². The molecule has 0 saturated heterocycles. The lowest BCUT2D eigenvalue weighted by atomic mass is 9.44. The summed E-state index contributed by atoms with van der Waals surface area (Å²) in [7, 11) is 1.43. The standard InChI is InChI=1S/C22H42O4/c1-14-15(2)16(23)26-22(11,12)21(9,10)20(7,8)19(5,6)18(3,4)17(24)25-13/h15H,14H2,1-13H3. The maximum absolute atomic E-state index is 12.5. The van der Waals surface area contributed by atoms with E-state index >= 15 is 0 Å². The molecule has 0 fully saturated rings. The third kappa shape index (κ3) is 3.80. The summed E-state index contributed by atoms with van der Waals surface area (Å²) in [6, 6.07) is 0. The van der Waals surface area contributed by atoms with Gasteiger partial charge in [-0.05, 0) is 44.9 Å². The van der Waals surface area contributed by atoms with Gasteiger partial charge >= 0.3 is 11.9 Å². The van der Waals surface area contributed by atoms with Crippen molar-refractivity contribution >= 4 is 11.9 Å². The minimum absolute atomic E-state index is 0.132. The normalized spacial score (nSPS) is 15.4. The maximum Gasteiger partial charge on any atom is 0.311 e. The number of carbonyl (C=O) groups is 2. The minimum Gasteiger partial charge on any atom is -0.469 e. The van der Waals surface area contributed by atoms with Gasteiger partial charge in [0.15, 0.2) is 0 Å². The highest BCUT2D eigenvalue weighted by Gasteiger charge is 2.62. The summed E-state index contributed by atoms with van der Waals surface area (Å²) in [5.41, 5.74) is -2.63. The molecule has 0 radical (unpaired) electrons. The molecule has 0 heterocycles. The van der Waals surface area contributed by atoms with E-state index in [9.17, 15) is 9.59 Å². The Morgan fingerprint density at radius 3 is 1.58 bits per heavy atom. The number of esters is 2. The van der Waals surface area contributed by atoms with Gasteiger partial charge in [-0.1, -0.05) is 55.4 Å². The highest BCUT2D eigenvalue weighted by molar-refractivity contribution is 5.77. The van der Waals surface area contributed by atoms with E-state index in [-0.39, 0.29) is 23.3 Å². The molecule has 0 aliphatic heterocycles. The molecule has 154 valence electrons. The lowest BCUT2D eigenvalue weighted by Crippen LogP contribution is -2.61. The summed E-state index contributed by atoms with van der Waals surface area (Å²) < 4.78 is 11.1. The Kier molecular flexibility index (Phi) is 7.21. The molecule has 26 heavy (non-hydrogen) atoms. The average Bonchev–Trinajstić information content (AvgIpc) is 2.51. The number of rotatable bonds is 8. The second-order valence-electron chi connectivity index (χ2n) is 10.2. The average molecular weight is 371 g/mol. The van der Waals surface area contributed by atoms with E-state index in [1.807, 2.05) is 41.5 Å². The highest BCUT2D eigenvalue weighted by Crippen LogP contribution is 2.62. The molecule has 0 N–H and O–H groups in total. The van der Waals surface area contributed by atoms with E-state index in [1.165, 1.54) is 7.11 Å². The molecular formula is C22H42O4. The van der Waals surface area contributed by atoms with Crippen molar-refractivity contribution in [2.75, 3.05) is 7.11 Å². The fourth-order valence-corrected chi connectivity index (χ4v) is 3.47. The zero-order valence-corrected chi connectivity index (χ0v) is 19.4. The van der Waals surface area contributed by atoms with Crippen molar-refractivity contribution < 1.29 is 19.1 Å². The van der Waals surface area contributed by atoms with Gasteiger partial charge in [-0.2, -0.15) is 0 Å². The zero-order valence-electron chi connectivity index (χ0n) is 19.4. The first-order valence-electron chi connectivity index (χ1n) is 9.66. The van der Waals surface area contributed by atoms with Crippen LogP contribution in [0.2, 0.25) is 0 Å². The van der Waals surface area contributed by atoms with Crippen LogP contribution in [-0.4, -0.2) is 24.6 Å². The molecule has 4 nitrogen and oxygen atoms in total. The van der Waals surface area contributed by atoms with Gasteiger partial charge in [-0.25, -0.2) is 0 Å². The van der Waals surface area contributed by atoms with Gasteiger partial charge in [0.25, 0.3) is 0 Å². The van der Waals surface area contributed by atoms with Crippen LogP contribution in [-0.2, 0) is 19.1 Å². The van der Waals surface area contributed by atoms with Gasteiger partial charge in [0.2, 0.25) is 0 Å². The van der Waals surface area contributed by atoms with Crippen molar-refractivity contribution in [2.24, 2.45) is 27.6 Å². The summed E-state index contributed by atoms with van der Waals surface area (Å²) in [5, 5.41) is 0. The maximum atomic E-state index is 12.5. The molecule has 1 unspecified atom stereocenters. The van der Waals surface area contributed by atoms with Crippen LogP contribution in [0.25, 0.3) is 0 Å². The van der Waals surface area contributed by atoms with E-state index < -0.39 is 21.8 Å². The van der Waals surface area contributed by atoms with E-state index in [4.69, 9.17) is 9.47 Å². The molecule has 0 spiro atoms. The first-order valence-corrected chi connectivity index (χ1v) is 9.66. The third-order valence-corrected chi connectivity index (χ3v) is 8.26. The van der Waals surface area contributed by atoms with E-state index in [0.717, 1.165) is 6.42 Å². The smallest absolute Gasteiger partial charge is 0.311 e. The fraction of sp³-hybridized carbons (Fsp3) is 0.909. The van der Waals surface area contributed by atoms with Gasteiger partial charge in [-0.15, -0.1) is 0 Å². The summed E-state index contributed by atoms with van der Waals surface area (Å²) in [6.07, 6.45) is 0.750. The molecule has 0 aliphatic carbocycles. The number of hydrogen-bond donors (Lipinski definition) is 0. The van der Waals surface area contributed by atoms with Crippen LogP contribution in [0.5, 0.6) is 0 Å². The first kappa shape index (κ1) is 24.9. The van der Waals surface area contributed by atoms with Gasteiger partial charge in [0, 0.05) is 5.41 Å². The fourth-order valence-electron chi connectivity index (χ4n) is 3.47. The molecule has 0 aromatic rings. The van der Waals surface area contributed by atoms with Gasteiger partial charge in [0.05, 0.1) is 18.4 Å². The molecule has 0 aromatic carbocycles. The predicted octanol–water partition coefficient (Wildman–Crippen LogP) is 5.63. The largest absolute Gasteiger partial charge is 0.469 e. The number of methoxy groups -OCH3 is 1. The second kappa shape index (κ2) is 7.52. The quantitative estimate of drug-likeness (QED) is 0.519. The molecule has 0 amide bonds. The van der Waals surface area contributed by atoms with Gasteiger partial charge in [-0.3, -0.25) is 9.59 Å². The summed E-state index contributed by atoms with van der Waals surface area (Å²) in [6.45, 7) is 24.4. The Balaban J connectivity index is 6.07. The third-order valence-electron chi connectivity index (χ3n) is 8.26. The van der Waals surface area contributed by atoms with E-state index in [2.05, 4.69) is 41.5 Å². The first-order chi connectivity index (χ1) is 11.3. The van der Waals surface area contributed by atoms with Crippen LogP contribution in [0.3, 0.4) is 0 Å². The van der Waals surface area contributed by atoms with Crippen molar-refractivity contribution in [1.82, 2.24) is 0 Å². The number of ether oxygens (including phenoxy) is 2. The Hall–Kier alpha value is -1.06. The van der Waals surface area contributed by atoms with Crippen LogP contribution in [0.4, 0.5) is 0 Å². The van der Waals surface area contributed by atoms with Crippen LogP contribution in [0.15, 0.2) is 0 Å². The predicted molar refractivity (Wildman–Crippen MR) is 107 cm³/mol. The Bertz CT molecular complexity index is 524. The lowest BCUT2D eigenvalue weighted by molar-refractivity contribution is -0.210. The Morgan fingerprint density at radius 1 is 0.808 bits per heavy atom. The van der Waals surface area contributed by atoms with Crippen LogP contribution >= 0.6 is 0 Å². The number of carbonyl (C=O) groups excluding carboxylic acids is 2. The molecule has 0 saturated carbocycles. The van der Waals surface area contributed by atoms with Gasteiger partial charge < -0.3 is 9.47 Å². The molecule has 0 aliphatic rings. The van der Waals surface area contributed by atoms with Crippen LogP contribution in [0.1, 0.15) is 89.5 Å². The molecule has 0 rings (SSSR count). The zero-order chi connectivity index (χ0) is 21.4. The topological polar surface area (TPSA) is 52.6 Å². The Morgan fingerprint density at radius 2 is 1.23 bits per heavy atom. The SMILES string of the molecule is CCC(C)C(=O)OC(C)(C)C(C)(C)C(C)(C)C(C)(C)C(C)(C)C(=O)OC. The molecule has 4 heteroatoms. The van der Waals surface area contributed by atoms with E-state index in [0.29, 0.717) is 0 Å². The highest BCUT2D eigenvalue weighted by atomic mass is 16.6. The molecule has 1 atom stereocenters. The van der Waals surface area contributed by atoms with Gasteiger partial charge in [0.1, 0.15) is 5.60 Å². The van der Waals surface area contributed by atoms with Crippen LogP contribution in [0, 0.1) is 27.6 Å². The molecular weight excluding hydrogens is 328 g/mol. The van der Waals surface area contributed by atoms with Crippen molar-refractivity contribution in [3.8, 4) is 0 Å². The number of hydrogen-bond acceptors (Lipinski definition) is 4. The van der Waals surface area contributed by atoms with E-state index in [1.54, 1.807) is 0 Å². The summed E-state index contributed by atoms with van der Waals surface area (Å²) in [5.74, 6) is -0.542. The Labute approximate surface area is 161 Å². The monoisotopic (exact) mass is 370 g/mol. The van der Waals surface area contributed by atoms with Crippen molar-refractivity contribution in [1.29, 1.82) is 0 Å². The van der Waals surface area contributed by atoms with Crippen LogP contribution < -0.4 is 0 Å². The van der Waals surface area contributed by atoms with Crippen molar-refractivity contribution in [3.05, 3.63) is 0 Å². The minimum atomic E-state index is -0.709. The lowest BCUT2D eigenvalue weighted by Gasteiger charge is -2.61. The molecule has 0 bridgehead atoms. The second-order valence-corrected chi connectivity index (χ2v) is 10.2. The van der Waals surface area contributed by atoms with Crippen molar-refractivity contribution in [3.63, 3.8) is 0 Å².